The molecule has 0 saturated carbocycles. The second-order valence-electron chi connectivity index (χ2n) is 1.22. The van der Waals surface area contributed by atoms with Crippen LogP contribution < -0.4 is 0 Å². The van der Waals surface area contributed by atoms with Crippen molar-refractivity contribution in [2.24, 2.45) is 0 Å². The van der Waals surface area contributed by atoms with E-state index in [1.54, 1.807) is 0 Å². The Bertz CT molecular complexity index is 26.7. The first-order chi connectivity index (χ1) is 2.81. The standard InChI is InChI=1S/C4H10BrGe/c1-3-6(5)4-2/h3-4H2,1-2H3. The Morgan fingerprint density at radius 2 is 1.67 bits per heavy atom. The van der Waals surface area contributed by atoms with Crippen LogP contribution in [0.4, 0.5) is 0 Å². The maximum absolute atomic E-state index is 3.64. The zero-order chi connectivity index (χ0) is 4.99. The monoisotopic (exact) mass is 211 g/mol. The number of halogens is 1. The van der Waals surface area contributed by atoms with Crippen molar-refractivity contribution < 1.29 is 0 Å². The summed E-state index contributed by atoms with van der Waals surface area (Å²) in [6.45, 7) is 4.52. The van der Waals surface area contributed by atoms with Crippen LogP contribution in [0.1, 0.15) is 13.8 Å². The molecule has 0 nitrogen and oxygen atoms in total. The van der Waals surface area contributed by atoms with E-state index in [0.717, 1.165) is 0 Å². The molecule has 0 aromatic heterocycles. The Kier molecular flexibility index (Phi) is 4.90. The third kappa shape index (κ3) is 3.22. The predicted octanol–water partition coefficient (Wildman–Crippen LogP) is 2.41. The third-order valence-electron chi connectivity index (χ3n) is 0.767. The molecule has 0 aliphatic rings. The molecular weight excluding hydrogens is 201 g/mol. The molecule has 0 fully saturated rings. The van der Waals surface area contributed by atoms with Crippen LogP contribution in [-0.2, 0) is 0 Å². The molecule has 0 aromatic carbocycles. The Morgan fingerprint density at radius 3 is 1.67 bits per heavy atom. The van der Waals surface area contributed by atoms with Crippen LogP contribution in [0.2, 0.25) is 10.5 Å². The van der Waals surface area contributed by atoms with Gasteiger partial charge in [-0.05, 0) is 0 Å². The molecule has 1 radical (unpaired) electrons. The van der Waals surface area contributed by atoms with Crippen LogP contribution in [0.15, 0.2) is 0 Å². The zero-order valence-corrected chi connectivity index (χ0v) is 7.98. The summed E-state index contributed by atoms with van der Waals surface area (Å²) in [5.74, 6) is 0. The summed E-state index contributed by atoms with van der Waals surface area (Å²) in [5.41, 5.74) is 0. The molecule has 0 bridgehead atoms. The Balaban J connectivity index is 2.75. The zero-order valence-electron chi connectivity index (χ0n) is 4.29. The summed E-state index contributed by atoms with van der Waals surface area (Å²) in [6, 6.07) is 0. The van der Waals surface area contributed by atoms with Gasteiger partial charge in [0.2, 0.25) is 0 Å². The molecule has 0 aliphatic carbocycles. The summed E-state index contributed by atoms with van der Waals surface area (Å²) >= 11 is 3.08. The number of hydrogen-bond donors (Lipinski definition) is 0. The molecule has 0 rings (SSSR count). The Labute approximate surface area is 51.0 Å². The molecule has 0 saturated heterocycles. The minimum atomic E-state index is -0.567. The van der Waals surface area contributed by atoms with Gasteiger partial charge in [-0.3, -0.25) is 0 Å². The van der Waals surface area contributed by atoms with Crippen molar-refractivity contribution in [1.82, 2.24) is 0 Å². The van der Waals surface area contributed by atoms with E-state index in [1.165, 1.54) is 10.5 Å². The average molecular weight is 211 g/mol. The normalized spacial score (nSPS) is 10.0. The van der Waals surface area contributed by atoms with Crippen molar-refractivity contribution in [2.45, 2.75) is 24.4 Å². The van der Waals surface area contributed by atoms with E-state index in [2.05, 4.69) is 27.9 Å². The predicted molar refractivity (Wildman–Crippen MR) is 35.6 cm³/mol. The topological polar surface area (TPSA) is 0 Å². The van der Waals surface area contributed by atoms with Crippen molar-refractivity contribution in [3.05, 3.63) is 0 Å². The molecule has 0 heterocycles. The molecule has 0 atom stereocenters. The van der Waals surface area contributed by atoms with Crippen LogP contribution in [0, 0.1) is 0 Å². The van der Waals surface area contributed by atoms with Crippen molar-refractivity contribution >= 4 is 26.5 Å². The van der Waals surface area contributed by atoms with Crippen LogP contribution in [0.25, 0.3) is 0 Å². The van der Waals surface area contributed by atoms with Gasteiger partial charge in [0, 0.05) is 0 Å². The van der Waals surface area contributed by atoms with Gasteiger partial charge in [-0.15, -0.1) is 0 Å². The Morgan fingerprint density at radius 1 is 1.33 bits per heavy atom. The average Bonchev–Trinajstić information content (AvgIpc) is 1.65. The van der Waals surface area contributed by atoms with Gasteiger partial charge in [0.05, 0.1) is 0 Å². The van der Waals surface area contributed by atoms with Gasteiger partial charge in [0.25, 0.3) is 0 Å². The molecule has 0 unspecified atom stereocenters. The van der Waals surface area contributed by atoms with Gasteiger partial charge in [-0.1, -0.05) is 0 Å². The van der Waals surface area contributed by atoms with Crippen LogP contribution in [-0.4, -0.2) is 12.5 Å². The summed E-state index contributed by atoms with van der Waals surface area (Å²) in [7, 11) is 0. The quantitative estimate of drug-likeness (QED) is 0.614. The SMILES string of the molecule is C[CH2][Ge]([Br])[CH2]C. The van der Waals surface area contributed by atoms with E-state index < -0.39 is 12.5 Å². The van der Waals surface area contributed by atoms with Crippen molar-refractivity contribution in [1.29, 1.82) is 0 Å². The van der Waals surface area contributed by atoms with Crippen molar-refractivity contribution in [3.63, 3.8) is 0 Å². The Hall–Kier alpha value is 1.02. The van der Waals surface area contributed by atoms with Crippen LogP contribution >= 0.6 is 14.0 Å². The molecule has 0 aliphatic heterocycles. The van der Waals surface area contributed by atoms with E-state index in [9.17, 15) is 0 Å². The van der Waals surface area contributed by atoms with E-state index >= 15 is 0 Å². The van der Waals surface area contributed by atoms with E-state index in [-0.39, 0.29) is 0 Å². The summed E-state index contributed by atoms with van der Waals surface area (Å²) in [5, 5.41) is 2.83. The minimum absolute atomic E-state index is 0.567. The first kappa shape index (κ1) is 7.02. The first-order valence-corrected chi connectivity index (χ1v) is 10.2. The molecule has 6 heavy (non-hydrogen) atoms. The van der Waals surface area contributed by atoms with E-state index in [1.807, 2.05) is 0 Å². The molecule has 37 valence electrons. The van der Waals surface area contributed by atoms with E-state index in [4.69, 9.17) is 0 Å². The van der Waals surface area contributed by atoms with Gasteiger partial charge < -0.3 is 0 Å². The summed E-state index contributed by atoms with van der Waals surface area (Å²) < 4.78 is 0. The van der Waals surface area contributed by atoms with Crippen LogP contribution in [0.5, 0.6) is 0 Å². The number of hydrogen-bond acceptors (Lipinski definition) is 0. The van der Waals surface area contributed by atoms with Crippen LogP contribution in [0.3, 0.4) is 0 Å². The van der Waals surface area contributed by atoms with Crippen molar-refractivity contribution in [3.8, 4) is 0 Å². The summed E-state index contributed by atoms with van der Waals surface area (Å²) in [6.07, 6.45) is 0. The second-order valence-corrected chi connectivity index (χ2v) is 12.2. The fourth-order valence-electron chi connectivity index (χ4n) is 0.250. The molecule has 0 amide bonds. The van der Waals surface area contributed by atoms with Crippen molar-refractivity contribution in [2.75, 3.05) is 0 Å². The third-order valence-corrected chi connectivity index (χ3v) is 9.81. The van der Waals surface area contributed by atoms with Gasteiger partial charge in [0.1, 0.15) is 0 Å². The van der Waals surface area contributed by atoms with Gasteiger partial charge in [-0.2, -0.15) is 0 Å². The molecule has 0 spiro atoms. The molecule has 0 aromatic rings. The fourth-order valence-corrected chi connectivity index (χ4v) is 1.30. The summed E-state index contributed by atoms with van der Waals surface area (Å²) in [4.78, 5) is 0. The fraction of sp³-hybridized carbons (Fsp3) is 1.00. The first-order valence-electron chi connectivity index (χ1n) is 2.31. The van der Waals surface area contributed by atoms with Gasteiger partial charge in [0.15, 0.2) is 0 Å². The van der Waals surface area contributed by atoms with E-state index in [0.29, 0.717) is 0 Å². The second kappa shape index (κ2) is 4.19. The van der Waals surface area contributed by atoms with Gasteiger partial charge in [-0.25, -0.2) is 0 Å². The maximum atomic E-state index is 3.64. The number of rotatable bonds is 2. The van der Waals surface area contributed by atoms with Gasteiger partial charge >= 0.3 is 50.9 Å². The molecular formula is C4H10BrGe. The molecule has 0 N–H and O–H groups in total. The molecule has 2 heteroatoms.